The molecule has 32 heavy (non-hydrogen) atoms. The van der Waals surface area contributed by atoms with E-state index in [4.69, 9.17) is 16.3 Å². The Bertz CT molecular complexity index is 1160. The third-order valence-corrected chi connectivity index (χ3v) is 5.90. The van der Waals surface area contributed by atoms with Crippen LogP contribution in [0.25, 0.3) is 0 Å². The summed E-state index contributed by atoms with van der Waals surface area (Å²) in [7, 11) is 1.49. The maximum absolute atomic E-state index is 13.9. The van der Waals surface area contributed by atoms with E-state index in [0.717, 1.165) is 10.9 Å². The van der Waals surface area contributed by atoms with Crippen LogP contribution in [0.3, 0.4) is 0 Å². The number of benzene rings is 2. The van der Waals surface area contributed by atoms with E-state index in [9.17, 15) is 18.0 Å². The predicted octanol–water partition coefficient (Wildman–Crippen LogP) is 5.77. The van der Waals surface area contributed by atoms with E-state index in [-0.39, 0.29) is 17.8 Å². The number of nitrogens with zero attached hydrogens (tertiary/aromatic N) is 2. The highest BCUT2D eigenvalue weighted by Gasteiger charge is 2.47. The minimum absolute atomic E-state index is 0.00331. The number of hydrogen-bond acceptors (Lipinski definition) is 4. The lowest BCUT2D eigenvalue weighted by Crippen LogP contribution is -2.36. The maximum atomic E-state index is 13.9. The molecular weight excluding hydrogens is 445 g/mol. The van der Waals surface area contributed by atoms with Gasteiger partial charge >= 0.3 is 6.18 Å². The summed E-state index contributed by atoms with van der Waals surface area (Å²) in [5.41, 5.74) is 1.74. The number of alkyl halides is 3. The molecule has 168 valence electrons. The van der Waals surface area contributed by atoms with Gasteiger partial charge in [0.25, 0.3) is 5.91 Å². The van der Waals surface area contributed by atoms with Crippen molar-refractivity contribution in [3.8, 4) is 5.75 Å². The van der Waals surface area contributed by atoms with Crippen LogP contribution in [-0.4, -0.2) is 29.0 Å². The predicted molar refractivity (Wildman–Crippen MR) is 115 cm³/mol. The SMILES string of the molecule is COc1cccc(C2CC(C(F)(F)F)n3ncc(C(=O)Nc4cccc(Cl)c4C)c3N2)c1. The van der Waals surface area contributed by atoms with Gasteiger partial charge in [-0.3, -0.25) is 4.79 Å². The topological polar surface area (TPSA) is 68.2 Å². The number of nitrogens with one attached hydrogen (secondary N) is 2. The molecule has 0 bridgehead atoms. The van der Waals surface area contributed by atoms with Crippen molar-refractivity contribution in [2.24, 2.45) is 0 Å². The molecule has 1 aliphatic heterocycles. The number of aromatic nitrogens is 2. The summed E-state index contributed by atoms with van der Waals surface area (Å²) >= 11 is 6.10. The highest BCUT2D eigenvalue weighted by Crippen LogP contribution is 2.44. The summed E-state index contributed by atoms with van der Waals surface area (Å²) in [5.74, 6) is -0.0544. The molecule has 0 spiro atoms. The van der Waals surface area contributed by atoms with Crippen LogP contribution >= 0.6 is 11.6 Å². The Morgan fingerprint density at radius 3 is 2.75 bits per heavy atom. The van der Waals surface area contributed by atoms with Crippen molar-refractivity contribution in [3.63, 3.8) is 0 Å². The van der Waals surface area contributed by atoms with E-state index in [0.29, 0.717) is 27.6 Å². The zero-order chi connectivity index (χ0) is 23.0. The zero-order valence-electron chi connectivity index (χ0n) is 17.2. The van der Waals surface area contributed by atoms with E-state index in [2.05, 4.69) is 15.7 Å². The molecule has 2 unspecified atom stereocenters. The Balaban J connectivity index is 1.71. The van der Waals surface area contributed by atoms with Gasteiger partial charge in [0.15, 0.2) is 6.04 Å². The first-order chi connectivity index (χ1) is 15.2. The normalized spacial score (nSPS) is 17.9. The number of hydrogen-bond donors (Lipinski definition) is 2. The number of anilines is 2. The zero-order valence-corrected chi connectivity index (χ0v) is 18.0. The van der Waals surface area contributed by atoms with Crippen molar-refractivity contribution in [1.82, 2.24) is 9.78 Å². The summed E-state index contributed by atoms with van der Waals surface area (Å²) in [4.78, 5) is 13.0. The summed E-state index contributed by atoms with van der Waals surface area (Å²) in [6.45, 7) is 1.74. The van der Waals surface area contributed by atoms with Gasteiger partial charge in [-0.2, -0.15) is 18.3 Å². The molecule has 2 heterocycles. The first kappa shape index (κ1) is 22.0. The van der Waals surface area contributed by atoms with Crippen molar-refractivity contribution in [2.75, 3.05) is 17.7 Å². The lowest BCUT2D eigenvalue weighted by atomic mass is 9.96. The molecule has 0 fully saturated rings. The number of methoxy groups -OCH3 is 1. The average molecular weight is 465 g/mol. The molecule has 2 aromatic carbocycles. The molecule has 0 saturated carbocycles. The first-order valence-electron chi connectivity index (χ1n) is 9.80. The minimum Gasteiger partial charge on any atom is -0.497 e. The van der Waals surface area contributed by atoms with Gasteiger partial charge in [0.2, 0.25) is 0 Å². The summed E-state index contributed by atoms with van der Waals surface area (Å²) < 4.78 is 47.7. The second-order valence-corrected chi connectivity index (χ2v) is 7.89. The number of amides is 1. The van der Waals surface area contributed by atoms with Crippen molar-refractivity contribution in [1.29, 1.82) is 0 Å². The Kier molecular flexibility index (Phi) is 5.77. The van der Waals surface area contributed by atoms with E-state index in [1.165, 1.54) is 7.11 Å². The van der Waals surface area contributed by atoms with Gasteiger partial charge < -0.3 is 15.4 Å². The fourth-order valence-electron chi connectivity index (χ4n) is 3.74. The first-order valence-corrected chi connectivity index (χ1v) is 10.2. The van der Waals surface area contributed by atoms with Gasteiger partial charge in [0, 0.05) is 17.1 Å². The third-order valence-electron chi connectivity index (χ3n) is 5.50. The highest BCUT2D eigenvalue weighted by molar-refractivity contribution is 6.31. The molecule has 10 heteroatoms. The van der Waals surface area contributed by atoms with Crippen LogP contribution in [0.1, 0.15) is 40.0 Å². The summed E-state index contributed by atoms with van der Waals surface area (Å²) in [6.07, 6.45) is -3.68. The fourth-order valence-corrected chi connectivity index (χ4v) is 3.91. The number of carbonyl (C=O) groups excluding carboxylic acids is 1. The molecular formula is C22H20ClF3N4O2. The van der Waals surface area contributed by atoms with E-state index in [1.807, 2.05) is 0 Å². The number of carbonyl (C=O) groups is 1. The number of fused-ring (bicyclic) bond motifs is 1. The minimum atomic E-state index is -4.54. The van der Waals surface area contributed by atoms with Gasteiger partial charge in [0.05, 0.1) is 19.3 Å². The van der Waals surface area contributed by atoms with Crippen LogP contribution in [0, 0.1) is 6.92 Å². The number of halogens is 4. The molecule has 0 aliphatic carbocycles. The van der Waals surface area contributed by atoms with Crippen LogP contribution in [0.15, 0.2) is 48.7 Å². The van der Waals surface area contributed by atoms with Crippen molar-refractivity contribution >= 4 is 29.0 Å². The van der Waals surface area contributed by atoms with Gasteiger partial charge in [-0.05, 0) is 42.3 Å². The molecule has 0 radical (unpaired) electrons. The van der Waals surface area contributed by atoms with Crippen molar-refractivity contribution in [3.05, 3.63) is 70.4 Å². The largest absolute Gasteiger partial charge is 0.497 e. The highest BCUT2D eigenvalue weighted by atomic mass is 35.5. The van der Waals surface area contributed by atoms with Crippen LogP contribution in [0.4, 0.5) is 24.7 Å². The third kappa shape index (κ3) is 4.12. The maximum Gasteiger partial charge on any atom is 0.410 e. The standard InChI is InChI=1S/C22H20ClF3N4O2/c1-12-16(23)7-4-8-17(12)29-21(31)15-11-27-30-19(22(24,25)26)10-18(28-20(15)30)13-5-3-6-14(9-13)32-2/h3-9,11,18-19,28H,10H2,1-2H3,(H,29,31). The van der Waals surface area contributed by atoms with Crippen LogP contribution in [-0.2, 0) is 0 Å². The number of rotatable bonds is 4. The van der Waals surface area contributed by atoms with Crippen molar-refractivity contribution < 1.29 is 22.7 Å². The lowest BCUT2D eigenvalue weighted by Gasteiger charge is -2.34. The molecule has 3 aromatic rings. The second-order valence-electron chi connectivity index (χ2n) is 7.48. The Labute approximate surface area is 187 Å². The molecule has 1 aliphatic rings. The smallest absolute Gasteiger partial charge is 0.410 e. The van der Waals surface area contributed by atoms with Gasteiger partial charge in [-0.25, -0.2) is 4.68 Å². The number of ether oxygens (including phenoxy) is 1. The lowest BCUT2D eigenvalue weighted by molar-refractivity contribution is -0.173. The van der Waals surface area contributed by atoms with Crippen LogP contribution in [0.5, 0.6) is 5.75 Å². The van der Waals surface area contributed by atoms with Crippen molar-refractivity contribution in [2.45, 2.75) is 31.6 Å². The van der Waals surface area contributed by atoms with Gasteiger partial charge in [-0.1, -0.05) is 29.8 Å². The summed E-state index contributed by atoms with van der Waals surface area (Å²) in [5, 5.41) is 10.1. The van der Waals surface area contributed by atoms with Crippen LogP contribution < -0.4 is 15.4 Å². The Morgan fingerprint density at radius 1 is 1.28 bits per heavy atom. The molecule has 6 nitrogen and oxygen atoms in total. The Hall–Kier alpha value is -3.20. The molecule has 1 amide bonds. The molecule has 2 N–H and O–H groups in total. The van der Waals surface area contributed by atoms with Gasteiger partial charge in [-0.15, -0.1) is 0 Å². The fraction of sp³-hybridized carbons (Fsp3) is 0.273. The van der Waals surface area contributed by atoms with E-state index in [1.54, 1.807) is 49.4 Å². The monoisotopic (exact) mass is 464 g/mol. The molecule has 4 rings (SSSR count). The van der Waals surface area contributed by atoms with E-state index >= 15 is 0 Å². The van der Waals surface area contributed by atoms with Crippen LogP contribution in [0.2, 0.25) is 5.02 Å². The summed E-state index contributed by atoms with van der Waals surface area (Å²) in [6, 6.07) is 9.26. The van der Waals surface area contributed by atoms with E-state index < -0.39 is 24.2 Å². The molecule has 1 aromatic heterocycles. The quantitative estimate of drug-likeness (QED) is 0.514. The Morgan fingerprint density at radius 2 is 2.03 bits per heavy atom. The average Bonchev–Trinajstić information content (AvgIpc) is 3.19. The second kappa shape index (κ2) is 8.38. The van der Waals surface area contributed by atoms with Gasteiger partial charge in [0.1, 0.15) is 17.1 Å². The molecule has 2 atom stereocenters. The molecule has 0 saturated heterocycles.